The van der Waals surface area contributed by atoms with Crippen LogP contribution in [-0.2, 0) is 4.79 Å². The maximum absolute atomic E-state index is 12.7. The summed E-state index contributed by atoms with van der Waals surface area (Å²) < 4.78 is 0. The van der Waals surface area contributed by atoms with E-state index in [9.17, 15) is 9.59 Å². The molecule has 0 aromatic heterocycles. The third-order valence-electron chi connectivity index (χ3n) is 5.92. The lowest BCUT2D eigenvalue weighted by atomic mass is 9.95. The van der Waals surface area contributed by atoms with Gasteiger partial charge in [0.1, 0.15) is 0 Å². The number of nitrogens with zero attached hydrogens (tertiary/aromatic N) is 2. The van der Waals surface area contributed by atoms with Crippen molar-refractivity contribution in [2.45, 2.75) is 44.6 Å². The van der Waals surface area contributed by atoms with E-state index in [4.69, 9.17) is 5.11 Å². The summed E-state index contributed by atoms with van der Waals surface area (Å²) in [5.41, 5.74) is 1.11. The number of amides is 2. The van der Waals surface area contributed by atoms with Gasteiger partial charge in [-0.25, -0.2) is 0 Å². The highest BCUT2D eigenvalue weighted by molar-refractivity contribution is 6.03. The maximum atomic E-state index is 12.7. The van der Waals surface area contributed by atoms with E-state index in [1.54, 1.807) is 12.1 Å². The second-order valence-corrected chi connectivity index (χ2v) is 8.06. The molecule has 0 bridgehead atoms. The molecule has 1 heterocycles. The number of anilines is 1. The summed E-state index contributed by atoms with van der Waals surface area (Å²) in [6.07, 6.45) is 6.04. The van der Waals surface area contributed by atoms with Gasteiger partial charge in [-0.15, -0.1) is 0 Å². The lowest BCUT2D eigenvalue weighted by Gasteiger charge is -2.34. The van der Waals surface area contributed by atoms with Gasteiger partial charge in [-0.1, -0.05) is 31.4 Å². The predicted octanol–water partition coefficient (Wildman–Crippen LogP) is 1.69. The molecular weight excluding hydrogens is 368 g/mol. The molecule has 160 valence electrons. The Labute approximate surface area is 173 Å². The van der Waals surface area contributed by atoms with Crippen molar-refractivity contribution in [3.8, 4) is 0 Å². The van der Waals surface area contributed by atoms with Crippen LogP contribution in [0.2, 0.25) is 0 Å². The Kier molecular flexibility index (Phi) is 8.46. The summed E-state index contributed by atoms with van der Waals surface area (Å²) in [7, 11) is 0. The highest BCUT2D eigenvalue weighted by Crippen LogP contribution is 2.20. The molecule has 1 saturated carbocycles. The topological polar surface area (TPSA) is 84.9 Å². The minimum atomic E-state index is -0.104. The van der Waals surface area contributed by atoms with Crippen LogP contribution in [0.15, 0.2) is 24.3 Å². The molecule has 1 saturated heterocycles. The first kappa shape index (κ1) is 21.7. The Morgan fingerprint density at radius 3 is 2.31 bits per heavy atom. The first-order valence-electron chi connectivity index (χ1n) is 10.9. The third-order valence-corrected chi connectivity index (χ3v) is 5.92. The minimum absolute atomic E-state index is 0.0688. The van der Waals surface area contributed by atoms with Crippen LogP contribution in [0.4, 0.5) is 5.69 Å². The number of carbonyl (C=O) groups is 2. The number of piperazine rings is 1. The Hall–Kier alpha value is -1.96. The van der Waals surface area contributed by atoms with Gasteiger partial charge < -0.3 is 20.6 Å². The van der Waals surface area contributed by atoms with Gasteiger partial charge in [0.05, 0.1) is 17.9 Å². The van der Waals surface area contributed by atoms with E-state index in [-0.39, 0.29) is 24.5 Å². The lowest BCUT2D eigenvalue weighted by molar-refractivity contribution is -0.116. The molecule has 1 aliphatic heterocycles. The number of carbonyl (C=O) groups excluding carboxylic acids is 2. The van der Waals surface area contributed by atoms with E-state index in [0.717, 1.165) is 51.9 Å². The van der Waals surface area contributed by atoms with Crippen LogP contribution < -0.4 is 10.6 Å². The van der Waals surface area contributed by atoms with Gasteiger partial charge in [0.15, 0.2) is 0 Å². The number of hydrogen-bond acceptors (Lipinski definition) is 5. The van der Waals surface area contributed by atoms with Crippen LogP contribution in [0.1, 0.15) is 48.9 Å². The van der Waals surface area contributed by atoms with Crippen LogP contribution in [0.5, 0.6) is 0 Å². The maximum Gasteiger partial charge on any atom is 0.253 e. The molecule has 0 spiro atoms. The molecular formula is C22H34N4O3. The summed E-state index contributed by atoms with van der Waals surface area (Å²) in [5, 5.41) is 15.1. The van der Waals surface area contributed by atoms with Gasteiger partial charge in [-0.3, -0.25) is 14.5 Å². The highest BCUT2D eigenvalue weighted by Gasteiger charge is 2.20. The average Bonchev–Trinajstić information content (AvgIpc) is 2.74. The molecule has 1 aromatic carbocycles. The van der Waals surface area contributed by atoms with Crippen molar-refractivity contribution >= 4 is 17.5 Å². The zero-order chi connectivity index (χ0) is 20.5. The van der Waals surface area contributed by atoms with E-state index in [1.165, 1.54) is 6.42 Å². The van der Waals surface area contributed by atoms with Gasteiger partial charge in [0, 0.05) is 51.7 Å². The molecule has 0 atom stereocenters. The van der Waals surface area contributed by atoms with Gasteiger partial charge in [0.25, 0.3) is 5.91 Å². The quantitative estimate of drug-likeness (QED) is 0.616. The first-order chi connectivity index (χ1) is 14.2. The zero-order valence-electron chi connectivity index (χ0n) is 17.2. The second-order valence-electron chi connectivity index (χ2n) is 8.06. The van der Waals surface area contributed by atoms with Crippen molar-refractivity contribution in [1.82, 2.24) is 15.1 Å². The molecule has 2 fully saturated rings. The van der Waals surface area contributed by atoms with E-state index < -0.39 is 0 Å². The molecule has 2 aliphatic rings. The number of hydrogen-bond donors (Lipinski definition) is 3. The number of benzene rings is 1. The minimum Gasteiger partial charge on any atom is -0.395 e. The van der Waals surface area contributed by atoms with Crippen molar-refractivity contribution in [2.75, 3.05) is 51.2 Å². The van der Waals surface area contributed by atoms with Crippen LogP contribution >= 0.6 is 0 Å². The fourth-order valence-electron chi connectivity index (χ4n) is 4.15. The summed E-state index contributed by atoms with van der Waals surface area (Å²) >= 11 is 0. The van der Waals surface area contributed by atoms with Crippen LogP contribution in [0.25, 0.3) is 0 Å². The van der Waals surface area contributed by atoms with Crippen molar-refractivity contribution in [1.29, 1.82) is 0 Å². The van der Waals surface area contributed by atoms with Crippen molar-refractivity contribution in [3.63, 3.8) is 0 Å². The Morgan fingerprint density at radius 2 is 1.62 bits per heavy atom. The second kappa shape index (κ2) is 11.3. The molecule has 7 heteroatoms. The molecule has 2 amide bonds. The molecule has 29 heavy (non-hydrogen) atoms. The van der Waals surface area contributed by atoms with Gasteiger partial charge in [0.2, 0.25) is 5.91 Å². The number of aliphatic hydroxyl groups excluding tert-OH is 1. The van der Waals surface area contributed by atoms with Gasteiger partial charge in [-0.05, 0) is 25.0 Å². The smallest absolute Gasteiger partial charge is 0.253 e. The largest absolute Gasteiger partial charge is 0.395 e. The summed E-state index contributed by atoms with van der Waals surface area (Å²) in [5.74, 6) is -0.173. The molecule has 7 nitrogen and oxygen atoms in total. The first-order valence-corrected chi connectivity index (χ1v) is 10.9. The summed E-state index contributed by atoms with van der Waals surface area (Å²) in [4.78, 5) is 29.7. The number of aliphatic hydroxyl groups is 1. The standard InChI is InChI=1S/C22H34N4O3/c27-17-16-26-14-12-25(13-15-26)11-10-21(28)24-20-9-5-4-8-19(20)22(29)23-18-6-2-1-3-7-18/h4-5,8-9,18,27H,1-3,6-7,10-17H2,(H,23,29)(H,24,28). The van der Waals surface area contributed by atoms with Gasteiger partial charge in [-0.2, -0.15) is 0 Å². The van der Waals surface area contributed by atoms with E-state index >= 15 is 0 Å². The number of β-amino-alcohol motifs (C(OH)–C–C–N with tert-alkyl or cyclic N) is 1. The predicted molar refractivity (Wildman–Crippen MR) is 114 cm³/mol. The highest BCUT2D eigenvalue weighted by atomic mass is 16.3. The van der Waals surface area contributed by atoms with Crippen LogP contribution in [0.3, 0.4) is 0 Å². The monoisotopic (exact) mass is 402 g/mol. The number of rotatable bonds is 8. The fraction of sp³-hybridized carbons (Fsp3) is 0.636. The van der Waals surface area contributed by atoms with Crippen molar-refractivity contribution in [3.05, 3.63) is 29.8 Å². The van der Waals surface area contributed by atoms with E-state index in [2.05, 4.69) is 20.4 Å². The summed E-state index contributed by atoms with van der Waals surface area (Å²) in [6, 6.07) is 7.48. The Bertz CT molecular complexity index is 668. The van der Waals surface area contributed by atoms with Crippen molar-refractivity contribution in [2.24, 2.45) is 0 Å². The Balaban J connectivity index is 1.47. The number of nitrogens with one attached hydrogen (secondary N) is 2. The van der Waals surface area contributed by atoms with Crippen LogP contribution in [-0.4, -0.2) is 78.6 Å². The lowest BCUT2D eigenvalue weighted by Crippen LogP contribution is -2.47. The van der Waals surface area contributed by atoms with E-state index in [0.29, 0.717) is 30.8 Å². The van der Waals surface area contributed by atoms with E-state index in [1.807, 2.05) is 12.1 Å². The molecule has 0 radical (unpaired) electrons. The molecule has 0 unspecified atom stereocenters. The molecule has 1 aromatic rings. The molecule has 3 rings (SSSR count). The molecule has 3 N–H and O–H groups in total. The van der Waals surface area contributed by atoms with Crippen LogP contribution in [0, 0.1) is 0 Å². The Morgan fingerprint density at radius 1 is 0.966 bits per heavy atom. The average molecular weight is 403 g/mol. The fourth-order valence-corrected chi connectivity index (χ4v) is 4.15. The van der Waals surface area contributed by atoms with Gasteiger partial charge >= 0.3 is 0 Å². The number of para-hydroxylation sites is 1. The SMILES string of the molecule is O=C(CCN1CCN(CCO)CC1)Nc1ccccc1C(=O)NC1CCCCC1. The zero-order valence-corrected chi connectivity index (χ0v) is 17.2. The normalized spacial score (nSPS) is 19.1. The summed E-state index contributed by atoms with van der Waals surface area (Å²) in [6.45, 7) is 5.28. The van der Waals surface area contributed by atoms with Crippen molar-refractivity contribution < 1.29 is 14.7 Å². The molecule has 1 aliphatic carbocycles. The third kappa shape index (κ3) is 6.80.